The van der Waals surface area contributed by atoms with E-state index in [1.54, 1.807) is 7.11 Å². The van der Waals surface area contributed by atoms with Crippen LogP contribution in [0.5, 0.6) is 11.5 Å². The number of methoxy groups -OCH3 is 2. The maximum Gasteiger partial charge on any atom is 0.331 e. The fraction of sp³-hybridized carbons (Fsp3) is 0.444. The van der Waals surface area contributed by atoms with Crippen LogP contribution in [0.2, 0.25) is 0 Å². The molecule has 1 aliphatic rings. The molecule has 2 unspecified atom stereocenters. The third-order valence-electron chi connectivity index (χ3n) is 5.29. The van der Waals surface area contributed by atoms with Gasteiger partial charge < -0.3 is 29.4 Å². The van der Waals surface area contributed by atoms with E-state index in [4.69, 9.17) is 18.9 Å². The molecule has 1 aromatic heterocycles. The van der Waals surface area contributed by atoms with Crippen molar-refractivity contribution in [2.75, 3.05) is 34.0 Å². The molecule has 9 nitrogen and oxygen atoms in total. The summed E-state index contributed by atoms with van der Waals surface area (Å²) < 4.78 is 21.0. The molecule has 0 bridgehead atoms. The summed E-state index contributed by atoms with van der Waals surface area (Å²) in [6.07, 6.45) is 2.47. The molecule has 0 spiro atoms. The number of hydrogen-bond acceptors (Lipinski definition) is 8. The lowest BCUT2D eigenvalue weighted by Crippen LogP contribution is -2.45. The molecule has 3 rings (SSSR count). The van der Waals surface area contributed by atoms with Gasteiger partial charge in [-0.25, -0.2) is 9.78 Å². The molecule has 1 amide bonds. The fourth-order valence-corrected chi connectivity index (χ4v) is 3.72. The van der Waals surface area contributed by atoms with Crippen LogP contribution in [0, 0.1) is 5.92 Å². The van der Waals surface area contributed by atoms with Gasteiger partial charge in [0.2, 0.25) is 0 Å². The molecule has 36 heavy (non-hydrogen) atoms. The summed E-state index contributed by atoms with van der Waals surface area (Å²) in [6, 6.07) is 10.5. The van der Waals surface area contributed by atoms with Gasteiger partial charge in [0.1, 0.15) is 0 Å². The minimum Gasteiger partial charge on any atom is -0.503 e. The number of pyridine rings is 1. The molecule has 196 valence electrons. The monoisotopic (exact) mass is 500 g/mol. The first kappa shape index (κ1) is 28.8. The summed E-state index contributed by atoms with van der Waals surface area (Å²) in [4.78, 5) is 29.0. The van der Waals surface area contributed by atoms with Crippen molar-refractivity contribution in [2.45, 2.75) is 38.8 Å². The Morgan fingerprint density at radius 3 is 2.56 bits per heavy atom. The zero-order valence-corrected chi connectivity index (χ0v) is 21.4. The van der Waals surface area contributed by atoms with Crippen LogP contribution in [0.1, 0.15) is 36.3 Å². The van der Waals surface area contributed by atoms with E-state index in [1.807, 2.05) is 32.0 Å². The van der Waals surface area contributed by atoms with Crippen molar-refractivity contribution < 1.29 is 33.6 Å². The Bertz CT molecular complexity index is 997. The highest BCUT2D eigenvalue weighted by molar-refractivity contribution is 5.98. The summed E-state index contributed by atoms with van der Waals surface area (Å²) in [5.41, 5.74) is 2.02. The largest absolute Gasteiger partial charge is 0.503 e. The molecule has 9 heteroatoms. The highest BCUT2D eigenvalue weighted by Crippen LogP contribution is 2.27. The van der Waals surface area contributed by atoms with Crippen LogP contribution in [0.15, 0.2) is 54.7 Å². The number of esters is 1. The average molecular weight is 501 g/mol. The highest BCUT2D eigenvalue weighted by atomic mass is 16.5. The summed E-state index contributed by atoms with van der Waals surface area (Å²) in [7, 11) is 3.03. The Morgan fingerprint density at radius 2 is 1.94 bits per heavy atom. The smallest absolute Gasteiger partial charge is 0.331 e. The minimum atomic E-state index is -1.01. The van der Waals surface area contributed by atoms with Crippen molar-refractivity contribution in [1.82, 2.24) is 10.3 Å². The third-order valence-corrected chi connectivity index (χ3v) is 5.29. The molecule has 0 aliphatic carbocycles. The van der Waals surface area contributed by atoms with E-state index < -0.39 is 23.7 Å². The number of aromatic nitrogens is 1. The second kappa shape index (κ2) is 14.9. The molecule has 2 N–H and O–H groups in total. The van der Waals surface area contributed by atoms with Crippen molar-refractivity contribution >= 4 is 11.9 Å². The van der Waals surface area contributed by atoms with E-state index in [0.717, 1.165) is 12.0 Å². The fourth-order valence-electron chi connectivity index (χ4n) is 3.72. The predicted octanol–water partition coefficient (Wildman–Crippen LogP) is 3.31. The van der Waals surface area contributed by atoms with Gasteiger partial charge in [0.15, 0.2) is 23.2 Å². The van der Waals surface area contributed by atoms with Gasteiger partial charge in [-0.15, -0.1) is 0 Å². The lowest BCUT2D eigenvalue weighted by Gasteiger charge is -2.20. The molecule has 2 heterocycles. The number of nitrogens with zero attached hydrogens (tertiary/aromatic N) is 1. The summed E-state index contributed by atoms with van der Waals surface area (Å²) in [5, 5.41) is 12.7. The number of ether oxygens (including phenoxy) is 4. The van der Waals surface area contributed by atoms with Crippen molar-refractivity contribution in [3.8, 4) is 11.5 Å². The molecule has 1 fully saturated rings. The Morgan fingerprint density at radius 1 is 1.22 bits per heavy atom. The summed E-state index contributed by atoms with van der Waals surface area (Å²) in [6.45, 7) is 8.46. The van der Waals surface area contributed by atoms with Crippen molar-refractivity contribution in [3.05, 3.63) is 66.0 Å². The maximum atomic E-state index is 12.6. The highest BCUT2D eigenvalue weighted by Gasteiger charge is 2.30. The van der Waals surface area contributed by atoms with Crippen LogP contribution in [0.3, 0.4) is 0 Å². The van der Waals surface area contributed by atoms with E-state index >= 15 is 0 Å². The Labute approximate surface area is 212 Å². The van der Waals surface area contributed by atoms with Crippen LogP contribution in [-0.4, -0.2) is 68.2 Å². The zero-order chi connectivity index (χ0) is 26.5. The molecular formula is C27H36N2O7. The normalized spacial score (nSPS) is 19.9. The molecule has 0 saturated carbocycles. The van der Waals surface area contributed by atoms with Crippen LogP contribution in [-0.2, 0) is 25.4 Å². The van der Waals surface area contributed by atoms with Gasteiger partial charge in [0.25, 0.3) is 5.91 Å². The number of hydrogen-bond donors (Lipinski definition) is 2. The Hall–Kier alpha value is -3.43. The summed E-state index contributed by atoms with van der Waals surface area (Å²) >= 11 is 0. The lowest BCUT2D eigenvalue weighted by atomic mass is 9.95. The van der Waals surface area contributed by atoms with Gasteiger partial charge in [-0.1, -0.05) is 42.5 Å². The average Bonchev–Trinajstić information content (AvgIpc) is 2.89. The molecular weight excluding hydrogens is 464 g/mol. The standard InChI is InChI=1S/C22H26N2O6.C5H10O/c1-14-10-16(11-15-6-4-3-5-7-15)12-29-13-17(22(27)30-14)24-21(26)19-20(25)18(28-2)8-9-23-19;1-5(2)4-6-3/h3-9,14,16-17,25H,10-13H2,1-2H3,(H,24,26);1,4H2,2-3H3/t14?,16?,17-;/m0./s1. The number of amides is 1. The SMILES string of the molecule is C=C(C)COC.COc1ccnc(C(=O)N[C@H]2COCC(Cc3ccccc3)CC(C)OC2=O)c1O. The van der Waals surface area contributed by atoms with Crippen LogP contribution in [0.4, 0.5) is 0 Å². The number of benzene rings is 1. The van der Waals surface area contributed by atoms with Gasteiger partial charge >= 0.3 is 5.97 Å². The van der Waals surface area contributed by atoms with Gasteiger partial charge in [0.05, 0.1) is 26.4 Å². The van der Waals surface area contributed by atoms with Crippen LogP contribution < -0.4 is 10.1 Å². The second-order valence-corrected chi connectivity index (χ2v) is 8.70. The summed E-state index contributed by atoms with van der Waals surface area (Å²) in [5.74, 6) is -1.41. The topological polar surface area (TPSA) is 116 Å². The molecule has 2 aromatic rings. The van der Waals surface area contributed by atoms with E-state index in [1.165, 1.54) is 24.9 Å². The first-order chi connectivity index (χ1) is 17.2. The van der Waals surface area contributed by atoms with Crippen molar-refractivity contribution in [3.63, 3.8) is 0 Å². The molecule has 1 saturated heterocycles. The van der Waals surface area contributed by atoms with E-state index in [0.29, 0.717) is 19.6 Å². The van der Waals surface area contributed by atoms with Crippen LogP contribution >= 0.6 is 0 Å². The Kier molecular flexibility index (Phi) is 11.9. The van der Waals surface area contributed by atoms with Crippen molar-refractivity contribution in [1.29, 1.82) is 0 Å². The van der Waals surface area contributed by atoms with E-state index in [2.05, 4.69) is 29.0 Å². The first-order valence-electron chi connectivity index (χ1n) is 11.7. The van der Waals surface area contributed by atoms with Gasteiger partial charge in [-0.05, 0) is 38.2 Å². The Balaban J connectivity index is 0.000000678. The quantitative estimate of drug-likeness (QED) is 0.439. The molecule has 0 radical (unpaired) electrons. The van der Waals surface area contributed by atoms with E-state index in [9.17, 15) is 14.7 Å². The molecule has 1 aliphatic heterocycles. The first-order valence-corrected chi connectivity index (χ1v) is 11.7. The predicted molar refractivity (Wildman–Crippen MR) is 135 cm³/mol. The lowest BCUT2D eigenvalue weighted by molar-refractivity contribution is -0.151. The van der Waals surface area contributed by atoms with Gasteiger partial charge in [-0.3, -0.25) is 4.79 Å². The number of carbonyl (C=O) groups excluding carboxylic acids is 2. The van der Waals surface area contributed by atoms with E-state index in [-0.39, 0.29) is 30.1 Å². The number of carbonyl (C=O) groups is 2. The third kappa shape index (κ3) is 9.31. The molecule has 3 atom stereocenters. The zero-order valence-electron chi connectivity index (χ0n) is 21.4. The van der Waals surface area contributed by atoms with Crippen LogP contribution in [0.25, 0.3) is 0 Å². The number of nitrogens with one attached hydrogen (secondary N) is 1. The molecule has 1 aromatic carbocycles. The van der Waals surface area contributed by atoms with Crippen molar-refractivity contribution in [2.24, 2.45) is 5.92 Å². The number of aromatic hydroxyl groups is 1. The number of rotatable bonds is 7. The number of cyclic esters (lactones) is 1. The van der Waals surface area contributed by atoms with Gasteiger partial charge in [-0.2, -0.15) is 0 Å². The minimum absolute atomic E-state index is 0.0344. The van der Waals surface area contributed by atoms with Gasteiger partial charge in [0, 0.05) is 26.0 Å². The second-order valence-electron chi connectivity index (χ2n) is 8.70. The maximum absolute atomic E-state index is 12.6.